The van der Waals surface area contributed by atoms with Crippen LogP contribution < -0.4 is 10.1 Å². The molecule has 106 valence electrons. The normalized spacial score (nSPS) is 10.3. The van der Waals surface area contributed by atoms with Crippen molar-refractivity contribution in [1.29, 1.82) is 0 Å². The Morgan fingerprint density at radius 1 is 1.15 bits per heavy atom. The van der Waals surface area contributed by atoms with Gasteiger partial charge in [-0.1, -0.05) is 12.1 Å². The lowest BCUT2D eigenvalue weighted by atomic mass is 10.2. The van der Waals surface area contributed by atoms with Crippen molar-refractivity contribution in [2.45, 2.75) is 13.5 Å². The van der Waals surface area contributed by atoms with E-state index in [0.717, 1.165) is 29.4 Å². The lowest BCUT2D eigenvalue weighted by Crippen LogP contribution is -2.05. The van der Waals surface area contributed by atoms with E-state index in [1.165, 1.54) is 0 Å². The van der Waals surface area contributed by atoms with Gasteiger partial charge < -0.3 is 14.8 Å². The lowest BCUT2D eigenvalue weighted by molar-refractivity contribution is 0.181. The van der Waals surface area contributed by atoms with Crippen LogP contribution in [0.4, 0.5) is 5.82 Å². The Morgan fingerprint density at radius 2 is 1.95 bits per heavy atom. The van der Waals surface area contributed by atoms with Gasteiger partial charge in [0, 0.05) is 19.7 Å². The van der Waals surface area contributed by atoms with Crippen LogP contribution in [0.25, 0.3) is 11.4 Å². The van der Waals surface area contributed by atoms with Crippen molar-refractivity contribution in [2.24, 2.45) is 0 Å². The molecule has 5 nitrogen and oxygen atoms in total. The second-order valence-electron chi connectivity index (χ2n) is 4.23. The molecule has 0 bridgehead atoms. The van der Waals surface area contributed by atoms with Gasteiger partial charge in [-0.2, -0.15) is 0 Å². The quantitative estimate of drug-likeness (QED) is 0.877. The summed E-state index contributed by atoms with van der Waals surface area (Å²) < 4.78 is 10.5. The summed E-state index contributed by atoms with van der Waals surface area (Å²) in [6.07, 6.45) is 0. The van der Waals surface area contributed by atoms with Gasteiger partial charge in [-0.15, -0.1) is 0 Å². The van der Waals surface area contributed by atoms with Crippen molar-refractivity contribution in [3.63, 3.8) is 0 Å². The summed E-state index contributed by atoms with van der Waals surface area (Å²) in [5.41, 5.74) is 1.70. The Balaban J connectivity index is 2.48. The predicted molar refractivity (Wildman–Crippen MR) is 78.9 cm³/mol. The largest absolute Gasteiger partial charge is 0.496 e. The number of anilines is 1. The topological polar surface area (TPSA) is 56.3 Å². The van der Waals surface area contributed by atoms with Gasteiger partial charge >= 0.3 is 0 Å². The van der Waals surface area contributed by atoms with Gasteiger partial charge in [0.1, 0.15) is 11.6 Å². The molecular weight excluding hydrogens is 254 g/mol. The zero-order valence-electron chi connectivity index (χ0n) is 12.0. The third kappa shape index (κ3) is 3.24. The van der Waals surface area contributed by atoms with Crippen molar-refractivity contribution >= 4 is 5.82 Å². The van der Waals surface area contributed by atoms with Gasteiger partial charge in [0.15, 0.2) is 5.82 Å². The molecule has 0 radical (unpaired) electrons. The highest BCUT2D eigenvalue weighted by Gasteiger charge is 2.11. The molecular formula is C15H19N3O2. The van der Waals surface area contributed by atoms with Gasteiger partial charge in [0.2, 0.25) is 0 Å². The molecule has 1 aromatic carbocycles. The van der Waals surface area contributed by atoms with E-state index < -0.39 is 0 Å². The number of rotatable bonds is 6. The Bertz CT molecular complexity index is 549. The third-order valence-electron chi connectivity index (χ3n) is 2.78. The maximum absolute atomic E-state index is 5.37. The predicted octanol–water partition coefficient (Wildman–Crippen LogP) is 2.73. The molecule has 20 heavy (non-hydrogen) atoms. The molecule has 0 saturated carbocycles. The monoisotopic (exact) mass is 273 g/mol. The average molecular weight is 273 g/mol. The van der Waals surface area contributed by atoms with Crippen LogP contribution in [-0.4, -0.2) is 30.7 Å². The van der Waals surface area contributed by atoms with Crippen LogP contribution in [0.15, 0.2) is 30.3 Å². The SMILES string of the molecule is CCNc1cc(COC)nc(-c2ccccc2OC)n1. The van der Waals surface area contributed by atoms with Crippen LogP contribution in [0.3, 0.4) is 0 Å². The molecule has 0 atom stereocenters. The van der Waals surface area contributed by atoms with Gasteiger partial charge in [0.25, 0.3) is 0 Å². The summed E-state index contributed by atoms with van der Waals surface area (Å²) in [6.45, 7) is 3.28. The van der Waals surface area contributed by atoms with Gasteiger partial charge in [-0.05, 0) is 19.1 Å². The minimum absolute atomic E-state index is 0.447. The number of hydrogen-bond donors (Lipinski definition) is 1. The highest BCUT2D eigenvalue weighted by molar-refractivity contribution is 5.65. The Labute approximate surface area is 119 Å². The number of nitrogens with zero attached hydrogens (tertiary/aromatic N) is 2. The molecule has 2 aromatic rings. The number of benzene rings is 1. The molecule has 1 heterocycles. The summed E-state index contributed by atoms with van der Waals surface area (Å²) in [6, 6.07) is 9.60. The number of nitrogens with one attached hydrogen (secondary N) is 1. The minimum atomic E-state index is 0.447. The molecule has 0 aliphatic rings. The zero-order valence-corrected chi connectivity index (χ0v) is 12.0. The van der Waals surface area contributed by atoms with E-state index in [1.54, 1.807) is 14.2 Å². The van der Waals surface area contributed by atoms with E-state index in [2.05, 4.69) is 15.3 Å². The first-order chi connectivity index (χ1) is 9.78. The van der Waals surface area contributed by atoms with Crippen molar-refractivity contribution in [3.8, 4) is 17.1 Å². The van der Waals surface area contributed by atoms with E-state index in [4.69, 9.17) is 9.47 Å². The van der Waals surface area contributed by atoms with Crippen LogP contribution in [-0.2, 0) is 11.3 Å². The first kappa shape index (κ1) is 14.3. The first-order valence-corrected chi connectivity index (χ1v) is 6.52. The summed E-state index contributed by atoms with van der Waals surface area (Å²) in [4.78, 5) is 9.05. The molecule has 0 saturated heterocycles. The molecule has 0 spiro atoms. The molecule has 0 unspecified atom stereocenters. The summed E-state index contributed by atoms with van der Waals surface area (Å²) >= 11 is 0. The van der Waals surface area contributed by atoms with E-state index in [1.807, 2.05) is 37.3 Å². The highest BCUT2D eigenvalue weighted by Crippen LogP contribution is 2.27. The Kier molecular flexibility index (Phi) is 4.90. The fourth-order valence-corrected chi connectivity index (χ4v) is 1.94. The maximum Gasteiger partial charge on any atom is 0.165 e. The smallest absolute Gasteiger partial charge is 0.165 e. The zero-order chi connectivity index (χ0) is 14.4. The Morgan fingerprint density at radius 3 is 2.65 bits per heavy atom. The van der Waals surface area contributed by atoms with Gasteiger partial charge in [0.05, 0.1) is 25.0 Å². The van der Waals surface area contributed by atoms with Crippen LogP contribution in [0.5, 0.6) is 5.75 Å². The maximum atomic E-state index is 5.37. The first-order valence-electron chi connectivity index (χ1n) is 6.52. The van der Waals surface area contributed by atoms with E-state index >= 15 is 0 Å². The van der Waals surface area contributed by atoms with E-state index in [0.29, 0.717) is 12.4 Å². The van der Waals surface area contributed by atoms with Gasteiger partial charge in [-0.25, -0.2) is 9.97 Å². The molecule has 1 aromatic heterocycles. The van der Waals surface area contributed by atoms with Crippen molar-refractivity contribution in [3.05, 3.63) is 36.0 Å². The molecule has 1 N–H and O–H groups in total. The fraction of sp³-hybridized carbons (Fsp3) is 0.333. The highest BCUT2D eigenvalue weighted by atomic mass is 16.5. The second kappa shape index (κ2) is 6.86. The molecule has 0 amide bonds. The number of methoxy groups -OCH3 is 2. The van der Waals surface area contributed by atoms with Crippen LogP contribution >= 0.6 is 0 Å². The molecule has 2 rings (SSSR count). The van der Waals surface area contributed by atoms with E-state index in [-0.39, 0.29) is 0 Å². The third-order valence-corrected chi connectivity index (χ3v) is 2.78. The lowest BCUT2D eigenvalue weighted by Gasteiger charge is -2.11. The summed E-state index contributed by atoms with van der Waals surface area (Å²) in [7, 11) is 3.29. The van der Waals surface area contributed by atoms with Crippen LogP contribution in [0, 0.1) is 0 Å². The molecule has 0 fully saturated rings. The second-order valence-corrected chi connectivity index (χ2v) is 4.23. The number of para-hydroxylation sites is 1. The Hall–Kier alpha value is -2.14. The summed E-state index contributed by atoms with van der Waals surface area (Å²) in [5.74, 6) is 2.17. The fourth-order valence-electron chi connectivity index (χ4n) is 1.94. The molecule has 0 aliphatic heterocycles. The number of hydrogen-bond acceptors (Lipinski definition) is 5. The standard InChI is InChI=1S/C15H19N3O2/c1-4-16-14-9-11(10-19-2)17-15(18-14)12-7-5-6-8-13(12)20-3/h5-9H,4,10H2,1-3H3,(H,16,17,18). The van der Waals surface area contributed by atoms with Gasteiger partial charge in [-0.3, -0.25) is 0 Å². The van der Waals surface area contributed by atoms with Crippen LogP contribution in [0.2, 0.25) is 0 Å². The average Bonchev–Trinajstić information content (AvgIpc) is 2.47. The van der Waals surface area contributed by atoms with Crippen molar-refractivity contribution < 1.29 is 9.47 Å². The summed E-state index contributed by atoms with van der Waals surface area (Å²) in [5, 5.41) is 3.21. The van der Waals surface area contributed by atoms with Crippen molar-refractivity contribution in [1.82, 2.24) is 9.97 Å². The minimum Gasteiger partial charge on any atom is -0.496 e. The van der Waals surface area contributed by atoms with Crippen molar-refractivity contribution in [2.75, 3.05) is 26.1 Å². The molecule has 0 aliphatic carbocycles. The van der Waals surface area contributed by atoms with E-state index in [9.17, 15) is 0 Å². The molecule has 5 heteroatoms. The van der Waals surface area contributed by atoms with Crippen LogP contribution in [0.1, 0.15) is 12.6 Å². The number of ether oxygens (including phenoxy) is 2. The number of aromatic nitrogens is 2.